The molecule has 0 amide bonds. The SMILES string of the molecule is CCC(N)C(c1ccc(Cl)s1)N1CC=C(C(F)(F)F)CC1. The van der Waals surface area contributed by atoms with E-state index in [-0.39, 0.29) is 25.0 Å². The van der Waals surface area contributed by atoms with E-state index in [0.717, 1.165) is 11.3 Å². The minimum absolute atomic E-state index is 0.00947. The van der Waals surface area contributed by atoms with E-state index in [1.54, 1.807) is 6.07 Å². The van der Waals surface area contributed by atoms with Crippen molar-refractivity contribution in [1.82, 2.24) is 4.90 Å². The highest BCUT2D eigenvalue weighted by Gasteiger charge is 2.37. The third-order valence-corrected chi connectivity index (χ3v) is 5.06. The molecular weight excluding hydrogens is 321 g/mol. The summed E-state index contributed by atoms with van der Waals surface area (Å²) in [5.41, 5.74) is 5.75. The van der Waals surface area contributed by atoms with E-state index < -0.39 is 11.7 Å². The fourth-order valence-corrected chi connectivity index (χ4v) is 3.84. The van der Waals surface area contributed by atoms with Crippen molar-refractivity contribution in [3.8, 4) is 0 Å². The zero-order valence-electron chi connectivity index (χ0n) is 11.7. The van der Waals surface area contributed by atoms with Crippen molar-refractivity contribution in [3.63, 3.8) is 0 Å². The summed E-state index contributed by atoms with van der Waals surface area (Å²) in [6.45, 7) is 2.61. The van der Waals surface area contributed by atoms with Gasteiger partial charge < -0.3 is 5.73 Å². The van der Waals surface area contributed by atoms with E-state index in [0.29, 0.717) is 10.9 Å². The lowest BCUT2D eigenvalue weighted by Crippen LogP contribution is -2.43. The number of thiophene rings is 1. The molecule has 0 saturated carbocycles. The highest BCUT2D eigenvalue weighted by atomic mass is 35.5. The van der Waals surface area contributed by atoms with Gasteiger partial charge in [-0.3, -0.25) is 4.90 Å². The van der Waals surface area contributed by atoms with Gasteiger partial charge in [-0.15, -0.1) is 11.3 Å². The molecule has 2 nitrogen and oxygen atoms in total. The summed E-state index contributed by atoms with van der Waals surface area (Å²) in [6.07, 6.45) is -2.18. The zero-order valence-corrected chi connectivity index (χ0v) is 13.2. The standard InChI is InChI=1S/C14H18ClF3N2S/c1-2-10(19)13(11-3-4-12(15)21-11)20-7-5-9(6-8-20)14(16,17)18/h3-5,10,13H,2,6-8,19H2,1H3. The highest BCUT2D eigenvalue weighted by molar-refractivity contribution is 7.16. The molecule has 0 aromatic carbocycles. The maximum Gasteiger partial charge on any atom is 0.412 e. The van der Waals surface area contributed by atoms with Crippen molar-refractivity contribution in [2.45, 2.75) is 38.0 Å². The first-order valence-corrected chi connectivity index (χ1v) is 8.03. The second kappa shape index (κ2) is 6.69. The Labute approximate surface area is 131 Å². The topological polar surface area (TPSA) is 29.3 Å². The zero-order chi connectivity index (χ0) is 15.6. The average molecular weight is 339 g/mol. The van der Waals surface area contributed by atoms with E-state index in [1.165, 1.54) is 17.4 Å². The minimum Gasteiger partial charge on any atom is -0.326 e. The number of nitrogens with zero attached hydrogens (tertiary/aromatic N) is 1. The van der Waals surface area contributed by atoms with Gasteiger partial charge in [-0.25, -0.2) is 0 Å². The summed E-state index contributed by atoms with van der Waals surface area (Å²) in [5, 5.41) is 0. The number of hydrogen-bond acceptors (Lipinski definition) is 3. The van der Waals surface area contributed by atoms with Crippen LogP contribution in [0.25, 0.3) is 0 Å². The van der Waals surface area contributed by atoms with Crippen LogP contribution in [0.1, 0.15) is 30.7 Å². The summed E-state index contributed by atoms with van der Waals surface area (Å²) < 4.78 is 38.7. The van der Waals surface area contributed by atoms with Crippen molar-refractivity contribution in [1.29, 1.82) is 0 Å². The number of alkyl halides is 3. The van der Waals surface area contributed by atoms with Gasteiger partial charge in [0.25, 0.3) is 0 Å². The molecule has 21 heavy (non-hydrogen) atoms. The van der Waals surface area contributed by atoms with Gasteiger partial charge in [0.2, 0.25) is 0 Å². The maximum absolute atomic E-state index is 12.7. The third-order valence-electron chi connectivity index (χ3n) is 3.76. The molecule has 0 radical (unpaired) electrons. The van der Waals surface area contributed by atoms with Crippen molar-refractivity contribution in [2.75, 3.05) is 13.1 Å². The lowest BCUT2D eigenvalue weighted by molar-refractivity contribution is -0.0965. The Morgan fingerprint density at radius 3 is 2.57 bits per heavy atom. The molecular formula is C14H18ClF3N2S. The molecule has 7 heteroatoms. The van der Waals surface area contributed by atoms with Crippen LogP contribution < -0.4 is 5.73 Å². The second-order valence-electron chi connectivity index (χ2n) is 5.13. The molecule has 2 heterocycles. The van der Waals surface area contributed by atoms with Gasteiger partial charge in [0, 0.05) is 29.6 Å². The van der Waals surface area contributed by atoms with Crippen LogP contribution in [-0.2, 0) is 0 Å². The summed E-state index contributed by atoms with van der Waals surface area (Å²) in [6, 6.07) is 3.51. The number of rotatable bonds is 4. The van der Waals surface area contributed by atoms with Gasteiger partial charge in [0.1, 0.15) is 0 Å². The molecule has 0 fully saturated rings. The molecule has 118 valence electrons. The Morgan fingerprint density at radius 2 is 2.14 bits per heavy atom. The van der Waals surface area contributed by atoms with Gasteiger partial charge in [0.05, 0.1) is 10.4 Å². The molecule has 2 rings (SSSR count). The summed E-state index contributed by atoms with van der Waals surface area (Å²) in [7, 11) is 0. The molecule has 0 spiro atoms. The molecule has 0 saturated heterocycles. The Kier molecular flexibility index (Phi) is 5.35. The minimum atomic E-state index is -4.22. The van der Waals surface area contributed by atoms with E-state index in [2.05, 4.69) is 0 Å². The van der Waals surface area contributed by atoms with E-state index in [9.17, 15) is 13.2 Å². The van der Waals surface area contributed by atoms with E-state index >= 15 is 0 Å². The third kappa shape index (κ3) is 4.00. The fourth-order valence-electron chi connectivity index (χ4n) is 2.57. The van der Waals surface area contributed by atoms with E-state index in [1.807, 2.05) is 17.9 Å². The number of halogens is 4. The van der Waals surface area contributed by atoms with Gasteiger partial charge in [-0.1, -0.05) is 24.6 Å². The van der Waals surface area contributed by atoms with Gasteiger partial charge >= 0.3 is 6.18 Å². The maximum atomic E-state index is 12.7. The first-order chi connectivity index (χ1) is 9.82. The molecule has 1 aromatic rings. The van der Waals surface area contributed by atoms with Crippen LogP contribution in [0.3, 0.4) is 0 Å². The first kappa shape index (κ1) is 16.8. The fraction of sp³-hybridized carbons (Fsp3) is 0.571. The lowest BCUT2D eigenvalue weighted by Gasteiger charge is -2.36. The van der Waals surface area contributed by atoms with Crippen LogP contribution in [0, 0.1) is 0 Å². The summed E-state index contributed by atoms with van der Waals surface area (Å²) in [5.74, 6) is 0. The predicted octanol–water partition coefficient (Wildman–Crippen LogP) is 4.37. The van der Waals surface area contributed by atoms with E-state index in [4.69, 9.17) is 17.3 Å². The summed E-state index contributed by atoms with van der Waals surface area (Å²) in [4.78, 5) is 3.02. The molecule has 1 aliphatic rings. The molecule has 2 N–H and O–H groups in total. The summed E-state index contributed by atoms with van der Waals surface area (Å²) >= 11 is 7.41. The number of nitrogens with two attached hydrogens (primary N) is 1. The van der Waals surface area contributed by atoms with Crippen LogP contribution >= 0.6 is 22.9 Å². The lowest BCUT2D eigenvalue weighted by atomic mass is 9.99. The van der Waals surface area contributed by atoms with Crippen LogP contribution in [0.4, 0.5) is 13.2 Å². The van der Waals surface area contributed by atoms with Gasteiger partial charge in [-0.2, -0.15) is 13.2 Å². The smallest absolute Gasteiger partial charge is 0.326 e. The highest BCUT2D eigenvalue weighted by Crippen LogP contribution is 2.36. The Morgan fingerprint density at radius 1 is 1.43 bits per heavy atom. The predicted molar refractivity (Wildman–Crippen MR) is 80.7 cm³/mol. The average Bonchev–Trinajstić information content (AvgIpc) is 2.84. The van der Waals surface area contributed by atoms with Crippen molar-refractivity contribution in [3.05, 3.63) is 33.0 Å². The van der Waals surface area contributed by atoms with Crippen LogP contribution in [0.5, 0.6) is 0 Å². The molecule has 1 aliphatic heterocycles. The second-order valence-corrected chi connectivity index (χ2v) is 6.88. The number of hydrogen-bond donors (Lipinski definition) is 1. The monoisotopic (exact) mass is 338 g/mol. The molecule has 0 aliphatic carbocycles. The van der Waals surface area contributed by atoms with Crippen molar-refractivity contribution < 1.29 is 13.2 Å². The quantitative estimate of drug-likeness (QED) is 0.826. The Balaban J connectivity index is 2.19. The molecule has 1 aromatic heterocycles. The van der Waals surface area contributed by atoms with Crippen LogP contribution in [0.15, 0.2) is 23.8 Å². The Bertz CT molecular complexity index is 513. The first-order valence-electron chi connectivity index (χ1n) is 6.84. The van der Waals surface area contributed by atoms with Gasteiger partial charge in [0.15, 0.2) is 0 Å². The Hall–Kier alpha value is -0.560. The molecule has 2 unspecified atom stereocenters. The van der Waals surface area contributed by atoms with Crippen molar-refractivity contribution in [2.24, 2.45) is 5.73 Å². The van der Waals surface area contributed by atoms with Crippen LogP contribution in [-0.4, -0.2) is 30.2 Å². The molecule has 2 atom stereocenters. The van der Waals surface area contributed by atoms with Crippen LogP contribution in [0.2, 0.25) is 4.34 Å². The molecule has 0 bridgehead atoms. The normalized spacial score (nSPS) is 20.2. The van der Waals surface area contributed by atoms with Gasteiger partial charge in [-0.05, 0) is 25.0 Å². The van der Waals surface area contributed by atoms with Crippen molar-refractivity contribution >= 4 is 22.9 Å². The largest absolute Gasteiger partial charge is 0.412 e.